The minimum absolute atomic E-state index is 0.112. The fourth-order valence-electron chi connectivity index (χ4n) is 3.61. The first-order valence-corrected chi connectivity index (χ1v) is 12.4. The number of methoxy groups -OCH3 is 1. The van der Waals surface area contributed by atoms with E-state index < -0.39 is 6.23 Å². The average molecular weight is 531 g/mol. The Kier molecular flexibility index (Phi) is 7.04. The van der Waals surface area contributed by atoms with Gasteiger partial charge in [-0.15, -0.1) is 10.2 Å². The van der Waals surface area contributed by atoms with Crippen molar-refractivity contribution in [3.8, 4) is 28.6 Å². The van der Waals surface area contributed by atoms with Crippen LogP contribution < -0.4 is 19.1 Å². The summed E-state index contributed by atoms with van der Waals surface area (Å²) >= 11 is 5.00. The summed E-state index contributed by atoms with van der Waals surface area (Å²) < 4.78 is 18.4. The van der Waals surface area contributed by atoms with E-state index in [-0.39, 0.29) is 12.3 Å². The lowest BCUT2D eigenvalue weighted by Crippen LogP contribution is -2.37. The van der Waals surface area contributed by atoms with Gasteiger partial charge in [-0.25, -0.2) is 0 Å². The van der Waals surface area contributed by atoms with Gasteiger partial charge >= 0.3 is 0 Å². The van der Waals surface area contributed by atoms with Crippen LogP contribution in [-0.2, 0) is 4.79 Å². The van der Waals surface area contributed by atoms with Crippen LogP contribution in [0.2, 0.25) is 0 Å². The number of ether oxygens (including phenoxy) is 3. The van der Waals surface area contributed by atoms with E-state index in [1.54, 1.807) is 12.0 Å². The zero-order valence-corrected chi connectivity index (χ0v) is 21.1. The number of carbonyl (C=O) groups excluding carboxylic acids is 1. The van der Waals surface area contributed by atoms with Crippen molar-refractivity contribution in [2.45, 2.75) is 31.7 Å². The van der Waals surface area contributed by atoms with Crippen molar-refractivity contribution in [3.63, 3.8) is 0 Å². The van der Waals surface area contributed by atoms with Crippen LogP contribution in [0.3, 0.4) is 0 Å². The average Bonchev–Trinajstić information content (AvgIpc) is 2.98. The molecule has 0 N–H and O–H groups in total. The van der Waals surface area contributed by atoms with Gasteiger partial charge in [0.25, 0.3) is 0 Å². The molecule has 1 atom stereocenters. The third kappa shape index (κ3) is 4.37. The summed E-state index contributed by atoms with van der Waals surface area (Å²) in [7, 11) is 1.58. The van der Waals surface area contributed by atoms with Crippen LogP contribution in [0, 0.1) is 0 Å². The zero-order chi connectivity index (χ0) is 23.5. The SMILES string of the molecule is CCOc1cc([C@@H]2Oc3nc(SC)nnc3-c3ccccc3N2C(=O)CC)c(Br)cc1OC. The van der Waals surface area contributed by atoms with E-state index in [0.717, 1.165) is 5.56 Å². The summed E-state index contributed by atoms with van der Waals surface area (Å²) in [5.74, 6) is 1.32. The van der Waals surface area contributed by atoms with E-state index in [1.807, 2.05) is 56.5 Å². The molecule has 2 heterocycles. The van der Waals surface area contributed by atoms with Crippen molar-refractivity contribution in [2.24, 2.45) is 0 Å². The Morgan fingerprint density at radius 1 is 1.21 bits per heavy atom. The Labute approximate surface area is 204 Å². The van der Waals surface area contributed by atoms with Gasteiger partial charge < -0.3 is 14.2 Å². The number of halogens is 1. The summed E-state index contributed by atoms with van der Waals surface area (Å²) in [4.78, 5) is 19.5. The maximum atomic E-state index is 13.3. The number of hydrogen-bond acceptors (Lipinski definition) is 8. The van der Waals surface area contributed by atoms with Crippen LogP contribution in [0.25, 0.3) is 11.3 Å². The Morgan fingerprint density at radius 3 is 2.70 bits per heavy atom. The Hall–Kier alpha value is -2.85. The number of hydrogen-bond donors (Lipinski definition) is 0. The number of fused-ring (bicyclic) bond motifs is 3. The number of para-hydroxylation sites is 1. The molecule has 0 fully saturated rings. The molecular weight excluding hydrogens is 508 g/mol. The summed E-state index contributed by atoms with van der Waals surface area (Å²) in [5, 5.41) is 9.05. The Bertz CT molecular complexity index is 1190. The van der Waals surface area contributed by atoms with Crippen molar-refractivity contribution in [2.75, 3.05) is 24.9 Å². The number of nitrogens with zero attached hydrogens (tertiary/aromatic N) is 4. The highest BCUT2D eigenvalue weighted by Gasteiger charge is 2.36. The van der Waals surface area contributed by atoms with E-state index in [1.165, 1.54) is 11.8 Å². The third-order valence-electron chi connectivity index (χ3n) is 5.11. The summed E-state index contributed by atoms with van der Waals surface area (Å²) in [6.07, 6.45) is 1.32. The molecule has 0 spiro atoms. The van der Waals surface area contributed by atoms with Crippen LogP contribution in [0.4, 0.5) is 5.69 Å². The number of rotatable bonds is 6. The molecule has 1 amide bonds. The Morgan fingerprint density at radius 2 is 2.00 bits per heavy atom. The molecule has 0 radical (unpaired) electrons. The highest BCUT2D eigenvalue weighted by molar-refractivity contribution is 9.10. The molecule has 33 heavy (non-hydrogen) atoms. The number of anilines is 1. The molecule has 1 aliphatic rings. The van der Waals surface area contributed by atoms with Crippen molar-refractivity contribution >= 4 is 39.3 Å². The van der Waals surface area contributed by atoms with Crippen molar-refractivity contribution in [1.29, 1.82) is 0 Å². The topological polar surface area (TPSA) is 86.7 Å². The molecule has 1 aliphatic heterocycles. The summed E-state index contributed by atoms with van der Waals surface area (Å²) in [5.41, 5.74) is 2.56. The molecule has 0 saturated heterocycles. The van der Waals surface area contributed by atoms with Gasteiger partial charge in [0.2, 0.25) is 23.2 Å². The highest BCUT2D eigenvalue weighted by Crippen LogP contribution is 2.46. The highest BCUT2D eigenvalue weighted by atomic mass is 79.9. The minimum atomic E-state index is -0.828. The lowest BCUT2D eigenvalue weighted by Gasteiger charge is -2.31. The number of amides is 1. The maximum Gasteiger partial charge on any atom is 0.247 e. The molecule has 4 rings (SSSR count). The smallest absolute Gasteiger partial charge is 0.247 e. The molecule has 2 aromatic carbocycles. The second-order valence-electron chi connectivity index (χ2n) is 7.01. The van der Waals surface area contributed by atoms with E-state index in [9.17, 15) is 4.79 Å². The number of benzene rings is 2. The van der Waals surface area contributed by atoms with Gasteiger partial charge in [0, 0.05) is 22.0 Å². The first kappa shape index (κ1) is 23.3. The van der Waals surface area contributed by atoms with Crippen LogP contribution in [-0.4, -0.2) is 41.1 Å². The molecular formula is C23H23BrN4O4S. The quantitative estimate of drug-likeness (QED) is 0.398. The Balaban J connectivity index is 1.98. The molecule has 8 nitrogen and oxygen atoms in total. The zero-order valence-electron chi connectivity index (χ0n) is 18.7. The lowest BCUT2D eigenvalue weighted by atomic mass is 10.1. The van der Waals surface area contributed by atoms with E-state index in [4.69, 9.17) is 14.2 Å². The van der Waals surface area contributed by atoms with E-state index in [2.05, 4.69) is 31.1 Å². The number of carbonyl (C=O) groups is 1. The number of thioether (sulfide) groups is 1. The van der Waals surface area contributed by atoms with Gasteiger partial charge in [-0.1, -0.05) is 52.8 Å². The van der Waals surface area contributed by atoms with Crippen LogP contribution >= 0.6 is 27.7 Å². The molecule has 0 bridgehead atoms. The predicted octanol–water partition coefficient (Wildman–Crippen LogP) is 5.26. The fourth-order valence-corrected chi connectivity index (χ4v) is 4.43. The van der Waals surface area contributed by atoms with Crippen molar-refractivity contribution in [1.82, 2.24) is 15.2 Å². The van der Waals surface area contributed by atoms with Gasteiger partial charge in [0.05, 0.1) is 19.4 Å². The fraction of sp³-hybridized carbons (Fsp3) is 0.304. The molecule has 3 aromatic rings. The number of aromatic nitrogens is 3. The van der Waals surface area contributed by atoms with Gasteiger partial charge in [0.1, 0.15) is 0 Å². The summed E-state index contributed by atoms with van der Waals surface area (Å²) in [6, 6.07) is 11.2. The third-order valence-corrected chi connectivity index (χ3v) is 6.34. The standard InChI is InChI=1S/C23H23BrN4O4S/c1-5-19(29)28-16-10-8-7-9-13(16)20-21(25-23(33-4)27-26-20)32-22(28)14-11-18(31-6-2)17(30-3)12-15(14)24/h7-12,22H,5-6H2,1-4H3/t22-/m0/s1. The minimum Gasteiger partial charge on any atom is -0.493 e. The monoisotopic (exact) mass is 530 g/mol. The van der Waals surface area contributed by atoms with Gasteiger partial charge in [-0.3, -0.25) is 9.69 Å². The van der Waals surface area contributed by atoms with Crippen molar-refractivity contribution < 1.29 is 19.0 Å². The molecule has 0 unspecified atom stereocenters. The van der Waals surface area contributed by atoms with E-state index in [0.29, 0.717) is 50.6 Å². The molecule has 0 saturated carbocycles. The normalized spacial score (nSPS) is 14.6. The van der Waals surface area contributed by atoms with Crippen LogP contribution in [0.15, 0.2) is 46.0 Å². The maximum absolute atomic E-state index is 13.3. The van der Waals surface area contributed by atoms with Gasteiger partial charge in [-0.2, -0.15) is 4.98 Å². The molecule has 172 valence electrons. The van der Waals surface area contributed by atoms with Crippen molar-refractivity contribution in [3.05, 3.63) is 46.4 Å². The first-order chi connectivity index (χ1) is 16.0. The van der Waals surface area contributed by atoms with Gasteiger partial charge in [-0.05, 0) is 31.4 Å². The lowest BCUT2D eigenvalue weighted by molar-refractivity contribution is -0.120. The molecule has 0 aliphatic carbocycles. The van der Waals surface area contributed by atoms with E-state index >= 15 is 0 Å². The van der Waals surface area contributed by atoms with Crippen LogP contribution in [0.1, 0.15) is 32.1 Å². The first-order valence-electron chi connectivity index (χ1n) is 10.4. The largest absolute Gasteiger partial charge is 0.493 e. The van der Waals surface area contributed by atoms with Crippen LogP contribution in [0.5, 0.6) is 17.4 Å². The molecule has 10 heteroatoms. The molecule has 1 aromatic heterocycles. The summed E-state index contributed by atoms with van der Waals surface area (Å²) in [6.45, 7) is 4.17. The second kappa shape index (κ2) is 9.96. The predicted molar refractivity (Wildman–Crippen MR) is 130 cm³/mol. The second-order valence-corrected chi connectivity index (χ2v) is 8.64. The van der Waals surface area contributed by atoms with Gasteiger partial charge in [0.15, 0.2) is 17.2 Å².